The van der Waals surface area contributed by atoms with Gasteiger partial charge in [-0.2, -0.15) is 0 Å². The predicted octanol–water partition coefficient (Wildman–Crippen LogP) is 1.22. The molecule has 1 amide bonds. The van der Waals surface area contributed by atoms with Crippen molar-refractivity contribution in [3.8, 4) is 5.75 Å². The number of benzene rings is 1. The molecule has 1 aliphatic heterocycles. The highest BCUT2D eigenvalue weighted by molar-refractivity contribution is 5.85. The van der Waals surface area contributed by atoms with Crippen molar-refractivity contribution in [2.45, 2.75) is 25.3 Å². The summed E-state index contributed by atoms with van der Waals surface area (Å²) in [5.41, 5.74) is 1.03. The third-order valence-electron chi connectivity index (χ3n) is 3.00. The maximum atomic E-state index is 11.7. The van der Waals surface area contributed by atoms with Crippen LogP contribution in [0.1, 0.15) is 18.4 Å². The van der Waals surface area contributed by atoms with Gasteiger partial charge >= 0.3 is 0 Å². The van der Waals surface area contributed by atoms with E-state index in [-0.39, 0.29) is 30.1 Å². The Labute approximate surface area is 113 Å². The fraction of sp³-hybridized carbons (Fsp3) is 0.462. The highest BCUT2D eigenvalue weighted by Crippen LogP contribution is 2.11. The molecule has 0 aliphatic carbocycles. The number of aromatic hydroxyl groups is 1. The van der Waals surface area contributed by atoms with E-state index in [4.69, 9.17) is 0 Å². The topological polar surface area (TPSA) is 61.4 Å². The molecule has 1 heterocycles. The summed E-state index contributed by atoms with van der Waals surface area (Å²) in [4.78, 5) is 11.7. The molecule has 1 fully saturated rings. The van der Waals surface area contributed by atoms with Crippen LogP contribution in [0.5, 0.6) is 5.75 Å². The first kappa shape index (κ1) is 14.8. The number of carbonyl (C=O) groups is 1. The summed E-state index contributed by atoms with van der Waals surface area (Å²) in [6, 6.07) is 7.11. The number of carbonyl (C=O) groups excluding carboxylic acids is 1. The molecule has 0 bridgehead atoms. The van der Waals surface area contributed by atoms with Crippen LogP contribution in [0.4, 0.5) is 0 Å². The molecule has 1 aromatic rings. The highest BCUT2D eigenvalue weighted by atomic mass is 35.5. The Morgan fingerprint density at radius 3 is 3.00 bits per heavy atom. The molecule has 1 atom stereocenters. The molecule has 1 aromatic carbocycles. The van der Waals surface area contributed by atoms with Gasteiger partial charge in [0.15, 0.2) is 0 Å². The lowest BCUT2D eigenvalue weighted by Crippen LogP contribution is -2.41. The number of halogens is 1. The molecule has 5 heteroatoms. The van der Waals surface area contributed by atoms with Gasteiger partial charge in [-0.15, -0.1) is 12.4 Å². The summed E-state index contributed by atoms with van der Waals surface area (Å²) in [5.74, 6) is 0.355. The molecule has 1 saturated heterocycles. The Kier molecular flexibility index (Phi) is 5.95. The maximum absolute atomic E-state index is 11.7. The average molecular weight is 271 g/mol. The van der Waals surface area contributed by atoms with Crippen molar-refractivity contribution in [1.82, 2.24) is 10.6 Å². The number of hydrogen-bond donors (Lipinski definition) is 3. The Balaban J connectivity index is 0.00000162. The van der Waals surface area contributed by atoms with Gasteiger partial charge in [0.05, 0.1) is 6.04 Å². The van der Waals surface area contributed by atoms with Crippen molar-refractivity contribution in [2.75, 3.05) is 13.1 Å². The number of phenols is 1. The summed E-state index contributed by atoms with van der Waals surface area (Å²) in [6.45, 7) is 1.55. The van der Waals surface area contributed by atoms with Crippen LogP contribution >= 0.6 is 12.4 Å². The van der Waals surface area contributed by atoms with E-state index in [1.165, 1.54) is 0 Å². The van der Waals surface area contributed by atoms with Crippen LogP contribution in [0.15, 0.2) is 24.3 Å². The van der Waals surface area contributed by atoms with E-state index < -0.39 is 0 Å². The fourth-order valence-electron chi connectivity index (χ4n) is 2.07. The molecule has 0 aromatic heterocycles. The van der Waals surface area contributed by atoms with Crippen molar-refractivity contribution in [2.24, 2.45) is 0 Å². The standard InChI is InChI=1S/C13H18N2O2.ClH/c16-11-4-1-3-10(9-11)6-8-15-13(17)12-5-2-7-14-12;/h1,3-4,9,12,14,16H,2,5-8H2,(H,15,17);1H. The fourth-order valence-corrected chi connectivity index (χ4v) is 2.07. The second kappa shape index (κ2) is 7.24. The van der Waals surface area contributed by atoms with Gasteiger partial charge in [0.1, 0.15) is 5.75 Å². The van der Waals surface area contributed by atoms with Gasteiger partial charge in [-0.1, -0.05) is 12.1 Å². The van der Waals surface area contributed by atoms with Gasteiger partial charge in [-0.25, -0.2) is 0 Å². The van der Waals surface area contributed by atoms with Crippen LogP contribution in [0, 0.1) is 0 Å². The van der Waals surface area contributed by atoms with E-state index in [2.05, 4.69) is 10.6 Å². The molecule has 2 rings (SSSR count). The van der Waals surface area contributed by atoms with E-state index >= 15 is 0 Å². The molecule has 18 heavy (non-hydrogen) atoms. The number of amides is 1. The molecule has 4 nitrogen and oxygen atoms in total. The molecular weight excluding hydrogens is 252 g/mol. The minimum absolute atomic E-state index is 0. The zero-order valence-corrected chi connectivity index (χ0v) is 11.0. The number of nitrogens with one attached hydrogen (secondary N) is 2. The summed E-state index contributed by atoms with van der Waals surface area (Å²) < 4.78 is 0. The van der Waals surface area contributed by atoms with Crippen molar-refractivity contribution < 1.29 is 9.90 Å². The Bertz CT molecular complexity index is 392. The first-order valence-corrected chi connectivity index (χ1v) is 6.05. The Morgan fingerprint density at radius 2 is 2.33 bits per heavy atom. The zero-order chi connectivity index (χ0) is 12.1. The van der Waals surface area contributed by atoms with Gasteiger partial charge in [0.25, 0.3) is 0 Å². The maximum Gasteiger partial charge on any atom is 0.237 e. The molecule has 100 valence electrons. The third kappa shape index (κ3) is 4.20. The van der Waals surface area contributed by atoms with Gasteiger partial charge in [0, 0.05) is 6.54 Å². The number of phenolic OH excluding ortho intramolecular Hbond substituents is 1. The van der Waals surface area contributed by atoms with Crippen molar-refractivity contribution in [1.29, 1.82) is 0 Å². The van der Waals surface area contributed by atoms with Crippen LogP contribution in [0.3, 0.4) is 0 Å². The second-order valence-electron chi connectivity index (χ2n) is 4.36. The van der Waals surface area contributed by atoms with Gasteiger partial charge < -0.3 is 15.7 Å². The Morgan fingerprint density at radius 1 is 1.50 bits per heavy atom. The lowest BCUT2D eigenvalue weighted by atomic mass is 10.1. The highest BCUT2D eigenvalue weighted by Gasteiger charge is 2.21. The summed E-state index contributed by atoms with van der Waals surface area (Å²) in [6.07, 6.45) is 2.75. The Hall–Kier alpha value is -1.26. The first-order valence-electron chi connectivity index (χ1n) is 6.05. The quantitative estimate of drug-likeness (QED) is 0.771. The van der Waals surface area contributed by atoms with Crippen molar-refractivity contribution >= 4 is 18.3 Å². The van der Waals surface area contributed by atoms with E-state index in [9.17, 15) is 9.90 Å². The average Bonchev–Trinajstić information content (AvgIpc) is 2.82. The lowest BCUT2D eigenvalue weighted by Gasteiger charge is -2.10. The first-order chi connectivity index (χ1) is 8.25. The van der Waals surface area contributed by atoms with E-state index in [1.54, 1.807) is 12.1 Å². The predicted molar refractivity (Wildman–Crippen MR) is 73.1 cm³/mol. The molecule has 1 aliphatic rings. The summed E-state index contributed by atoms with van der Waals surface area (Å²) in [5, 5.41) is 15.4. The van der Waals surface area contributed by atoms with Crippen molar-refractivity contribution in [3.05, 3.63) is 29.8 Å². The van der Waals surface area contributed by atoms with Crippen LogP contribution < -0.4 is 10.6 Å². The van der Waals surface area contributed by atoms with Gasteiger partial charge in [0.2, 0.25) is 5.91 Å². The normalized spacial score (nSPS) is 18.1. The van der Waals surface area contributed by atoms with E-state index in [0.717, 1.165) is 31.4 Å². The minimum atomic E-state index is -0.0147. The largest absolute Gasteiger partial charge is 0.508 e. The number of hydrogen-bond acceptors (Lipinski definition) is 3. The lowest BCUT2D eigenvalue weighted by molar-refractivity contribution is -0.122. The zero-order valence-electron chi connectivity index (χ0n) is 10.2. The van der Waals surface area contributed by atoms with Gasteiger partial charge in [-0.05, 0) is 43.5 Å². The summed E-state index contributed by atoms with van der Waals surface area (Å²) >= 11 is 0. The van der Waals surface area contributed by atoms with E-state index in [0.29, 0.717) is 6.54 Å². The third-order valence-corrected chi connectivity index (χ3v) is 3.00. The second-order valence-corrected chi connectivity index (χ2v) is 4.36. The minimum Gasteiger partial charge on any atom is -0.508 e. The van der Waals surface area contributed by atoms with Crippen LogP contribution in [0.25, 0.3) is 0 Å². The van der Waals surface area contributed by atoms with Gasteiger partial charge in [-0.3, -0.25) is 4.79 Å². The monoisotopic (exact) mass is 270 g/mol. The molecule has 1 unspecified atom stereocenters. The van der Waals surface area contributed by atoms with E-state index in [1.807, 2.05) is 12.1 Å². The molecular formula is C13H19ClN2O2. The van der Waals surface area contributed by atoms with Crippen LogP contribution in [-0.2, 0) is 11.2 Å². The number of rotatable bonds is 4. The molecule has 0 saturated carbocycles. The van der Waals surface area contributed by atoms with Crippen molar-refractivity contribution in [3.63, 3.8) is 0 Å². The SMILES string of the molecule is Cl.O=C(NCCc1cccc(O)c1)C1CCCN1. The van der Waals surface area contributed by atoms with Crippen LogP contribution in [0.2, 0.25) is 0 Å². The smallest absolute Gasteiger partial charge is 0.237 e. The molecule has 0 radical (unpaired) electrons. The van der Waals surface area contributed by atoms with Crippen LogP contribution in [-0.4, -0.2) is 30.1 Å². The molecule has 0 spiro atoms. The summed E-state index contributed by atoms with van der Waals surface area (Å²) in [7, 11) is 0. The molecule has 3 N–H and O–H groups in total.